The average Bonchev–Trinajstić information content (AvgIpc) is 2.84. The fourth-order valence-corrected chi connectivity index (χ4v) is 3.38. The summed E-state index contributed by atoms with van der Waals surface area (Å²) in [6.45, 7) is 10.7. The molecule has 2 atom stereocenters. The van der Waals surface area contributed by atoms with Gasteiger partial charge in [0.05, 0.1) is 0 Å². The molecule has 1 saturated carbocycles. The van der Waals surface area contributed by atoms with Crippen molar-refractivity contribution in [3.63, 3.8) is 0 Å². The standard InChI is InChI=1S/C16H34N2/c1-6-16(17-5)14(4)18(12-11-13(2)3)15-9-7-8-10-15/h13-17H,6-12H2,1-5H3. The molecule has 2 nitrogen and oxygen atoms in total. The molecular formula is C16H34N2. The lowest BCUT2D eigenvalue weighted by atomic mass is 10.0. The third kappa shape index (κ3) is 4.55. The van der Waals surface area contributed by atoms with Crippen LogP contribution in [0.5, 0.6) is 0 Å². The number of likely N-dealkylation sites (N-methyl/N-ethyl adjacent to an activating group) is 1. The molecule has 0 spiro atoms. The minimum absolute atomic E-state index is 0.637. The molecule has 0 bridgehead atoms. The molecule has 0 heterocycles. The fraction of sp³-hybridized carbons (Fsp3) is 1.00. The smallest absolute Gasteiger partial charge is 0.0223 e. The van der Waals surface area contributed by atoms with E-state index in [1.807, 2.05) is 0 Å². The van der Waals surface area contributed by atoms with E-state index in [0.29, 0.717) is 12.1 Å². The normalized spacial score (nSPS) is 20.8. The molecule has 1 fully saturated rings. The van der Waals surface area contributed by atoms with E-state index in [-0.39, 0.29) is 0 Å². The first-order valence-corrected chi connectivity index (χ1v) is 8.03. The highest BCUT2D eigenvalue weighted by molar-refractivity contribution is 4.86. The van der Waals surface area contributed by atoms with Gasteiger partial charge in [0.25, 0.3) is 0 Å². The quantitative estimate of drug-likeness (QED) is 0.711. The molecule has 0 aromatic heterocycles. The first kappa shape index (κ1) is 16.0. The number of nitrogens with one attached hydrogen (secondary N) is 1. The summed E-state index contributed by atoms with van der Waals surface area (Å²) in [4.78, 5) is 2.80. The molecule has 1 aliphatic carbocycles. The van der Waals surface area contributed by atoms with Gasteiger partial charge in [-0.05, 0) is 52.1 Å². The summed E-state index contributed by atoms with van der Waals surface area (Å²) in [5.41, 5.74) is 0. The maximum absolute atomic E-state index is 3.50. The average molecular weight is 254 g/mol. The molecule has 0 aliphatic heterocycles. The molecule has 18 heavy (non-hydrogen) atoms. The Morgan fingerprint density at radius 2 is 1.78 bits per heavy atom. The van der Waals surface area contributed by atoms with Crippen molar-refractivity contribution in [1.82, 2.24) is 10.2 Å². The molecule has 0 saturated heterocycles. The molecular weight excluding hydrogens is 220 g/mol. The Morgan fingerprint density at radius 1 is 1.17 bits per heavy atom. The van der Waals surface area contributed by atoms with Crippen molar-refractivity contribution in [3.8, 4) is 0 Å². The second kappa shape index (κ2) is 8.16. The van der Waals surface area contributed by atoms with Crippen LogP contribution >= 0.6 is 0 Å². The fourth-order valence-electron chi connectivity index (χ4n) is 3.38. The van der Waals surface area contributed by atoms with Crippen LogP contribution in [0.25, 0.3) is 0 Å². The van der Waals surface area contributed by atoms with Gasteiger partial charge in [0, 0.05) is 18.1 Å². The van der Waals surface area contributed by atoms with Crippen molar-refractivity contribution in [2.45, 2.75) is 84.3 Å². The largest absolute Gasteiger partial charge is 0.315 e. The van der Waals surface area contributed by atoms with Gasteiger partial charge in [0.15, 0.2) is 0 Å². The van der Waals surface area contributed by atoms with Crippen molar-refractivity contribution in [2.75, 3.05) is 13.6 Å². The predicted molar refractivity (Wildman–Crippen MR) is 81.0 cm³/mol. The first-order valence-electron chi connectivity index (χ1n) is 8.03. The topological polar surface area (TPSA) is 15.3 Å². The lowest BCUT2D eigenvalue weighted by Gasteiger charge is -2.39. The SMILES string of the molecule is CCC(NC)C(C)N(CCC(C)C)C1CCCC1. The molecule has 0 aromatic carbocycles. The van der Waals surface area contributed by atoms with Gasteiger partial charge in [-0.1, -0.05) is 33.6 Å². The highest BCUT2D eigenvalue weighted by atomic mass is 15.2. The van der Waals surface area contributed by atoms with Crippen molar-refractivity contribution < 1.29 is 0 Å². The summed E-state index contributed by atoms with van der Waals surface area (Å²) in [5, 5.41) is 3.50. The van der Waals surface area contributed by atoms with Crippen molar-refractivity contribution in [3.05, 3.63) is 0 Å². The van der Waals surface area contributed by atoms with Crippen LogP contribution in [0.1, 0.15) is 66.2 Å². The molecule has 1 aliphatic rings. The van der Waals surface area contributed by atoms with Crippen LogP contribution in [0.3, 0.4) is 0 Å². The maximum atomic E-state index is 3.50. The van der Waals surface area contributed by atoms with Gasteiger partial charge in [0.2, 0.25) is 0 Å². The van der Waals surface area contributed by atoms with Crippen LogP contribution in [0, 0.1) is 5.92 Å². The van der Waals surface area contributed by atoms with Crippen molar-refractivity contribution in [2.24, 2.45) is 5.92 Å². The molecule has 2 heteroatoms. The van der Waals surface area contributed by atoms with Crippen molar-refractivity contribution in [1.29, 1.82) is 0 Å². The van der Waals surface area contributed by atoms with Crippen molar-refractivity contribution >= 4 is 0 Å². The number of rotatable bonds is 8. The Bertz CT molecular complexity index is 205. The van der Waals surface area contributed by atoms with Gasteiger partial charge < -0.3 is 5.32 Å². The first-order chi connectivity index (χ1) is 8.60. The van der Waals surface area contributed by atoms with E-state index >= 15 is 0 Å². The van der Waals surface area contributed by atoms with Gasteiger partial charge in [-0.25, -0.2) is 0 Å². The van der Waals surface area contributed by atoms with Crippen LogP contribution < -0.4 is 5.32 Å². The summed E-state index contributed by atoms with van der Waals surface area (Å²) in [6.07, 6.45) is 8.27. The molecule has 2 unspecified atom stereocenters. The van der Waals surface area contributed by atoms with E-state index < -0.39 is 0 Å². The lowest BCUT2D eigenvalue weighted by Crippen LogP contribution is -2.51. The predicted octanol–water partition coefficient (Wildman–Crippen LogP) is 3.66. The Balaban J connectivity index is 2.62. The summed E-state index contributed by atoms with van der Waals surface area (Å²) in [6, 6.07) is 2.15. The minimum Gasteiger partial charge on any atom is -0.315 e. The van der Waals surface area contributed by atoms with Gasteiger partial charge in [0.1, 0.15) is 0 Å². The van der Waals surface area contributed by atoms with Crippen LogP contribution in [0.4, 0.5) is 0 Å². The van der Waals surface area contributed by atoms with Crippen LogP contribution in [-0.4, -0.2) is 36.6 Å². The zero-order valence-electron chi connectivity index (χ0n) is 13.2. The highest BCUT2D eigenvalue weighted by Gasteiger charge is 2.29. The zero-order valence-corrected chi connectivity index (χ0v) is 13.2. The number of nitrogens with zero attached hydrogens (tertiary/aromatic N) is 1. The van der Waals surface area contributed by atoms with E-state index in [1.165, 1.54) is 45.1 Å². The third-order valence-electron chi connectivity index (χ3n) is 4.67. The summed E-state index contributed by atoms with van der Waals surface area (Å²) >= 11 is 0. The van der Waals surface area contributed by atoms with Gasteiger partial charge >= 0.3 is 0 Å². The van der Waals surface area contributed by atoms with Crippen LogP contribution in [0.15, 0.2) is 0 Å². The molecule has 1 rings (SSSR count). The molecule has 0 radical (unpaired) electrons. The van der Waals surface area contributed by atoms with Crippen LogP contribution in [0.2, 0.25) is 0 Å². The van der Waals surface area contributed by atoms with E-state index in [2.05, 4.69) is 45.0 Å². The summed E-state index contributed by atoms with van der Waals surface area (Å²) < 4.78 is 0. The second-order valence-electron chi connectivity index (χ2n) is 6.40. The second-order valence-corrected chi connectivity index (χ2v) is 6.40. The third-order valence-corrected chi connectivity index (χ3v) is 4.67. The zero-order chi connectivity index (χ0) is 13.5. The summed E-state index contributed by atoms with van der Waals surface area (Å²) in [7, 11) is 2.11. The van der Waals surface area contributed by atoms with E-state index in [0.717, 1.165) is 12.0 Å². The van der Waals surface area contributed by atoms with Gasteiger partial charge in [-0.2, -0.15) is 0 Å². The van der Waals surface area contributed by atoms with E-state index in [9.17, 15) is 0 Å². The summed E-state index contributed by atoms with van der Waals surface area (Å²) in [5.74, 6) is 0.816. The van der Waals surface area contributed by atoms with E-state index in [1.54, 1.807) is 0 Å². The lowest BCUT2D eigenvalue weighted by molar-refractivity contribution is 0.110. The number of hydrogen-bond donors (Lipinski definition) is 1. The Morgan fingerprint density at radius 3 is 2.22 bits per heavy atom. The van der Waals surface area contributed by atoms with Gasteiger partial charge in [-0.3, -0.25) is 4.90 Å². The maximum Gasteiger partial charge on any atom is 0.0223 e. The van der Waals surface area contributed by atoms with Crippen LogP contribution in [-0.2, 0) is 0 Å². The molecule has 0 amide bonds. The van der Waals surface area contributed by atoms with Gasteiger partial charge in [-0.15, -0.1) is 0 Å². The Hall–Kier alpha value is -0.0800. The Labute approximate surface area is 115 Å². The molecule has 108 valence electrons. The number of hydrogen-bond acceptors (Lipinski definition) is 2. The van der Waals surface area contributed by atoms with E-state index in [4.69, 9.17) is 0 Å². The molecule has 1 N–H and O–H groups in total. The minimum atomic E-state index is 0.637. The monoisotopic (exact) mass is 254 g/mol. The Kier molecular flexibility index (Phi) is 7.25. The molecule has 0 aromatic rings. The highest BCUT2D eigenvalue weighted by Crippen LogP contribution is 2.27.